The van der Waals surface area contributed by atoms with Crippen molar-refractivity contribution in [3.63, 3.8) is 0 Å². The predicted molar refractivity (Wildman–Crippen MR) is 62.2 cm³/mol. The monoisotopic (exact) mass is 219 g/mol. The van der Waals surface area contributed by atoms with Gasteiger partial charge in [0.25, 0.3) is 5.91 Å². The third-order valence-corrected chi connectivity index (χ3v) is 2.96. The van der Waals surface area contributed by atoms with Crippen molar-refractivity contribution >= 4 is 5.91 Å². The first-order chi connectivity index (χ1) is 7.75. The van der Waals surface area contributed by atoms with Crippen molar-refractivity contribution < 1.29 is 4.79 Å². The van der Waals surface area contributed by atoms with Gasteiger partial charge in [-0.15, -0.1) is 0 Å². The molecule has 0 aliphatic carbocycles. The van der Waals surface area contributed by atoms with Gasteiger partial charge in [0.2, 0.25) is 0 Å². The zero-order chi connectivity index (χ0) is 11.4. The number of nitrogens with one attached hydrogen (secondary N) is 1. The Morgan fingerprint density at radius 1 is 1.69 bits per heavy atom. The molecule has 1 unspecified atom stereocenters. The molecule has 1 atom stereocenters. The minimum Gasteiger partial charge on any atom is -0.352 e. The fourth-order valence-electron chi connectivity index (χ4n) is 2.03. The highest BCUT2D eigenvalue weighted by molar-refractivity contribution is 5.93. The van der Waals surface area contributed by atoms with Crippen molar-refractivity contribution in [3.05, 3.63) is 30.1 Å². The van der Waals surface area contributed by atoms with E-state index >= 15 is 0 Å². The molecule has 16 heavy (non-hydrogen) atoms. The molecule has 1 saturated heterocycles. The molecule has 1 aromatic rings. The number of aromatic nitrogens is 1. The summed E-state index contributed by atoms with van der Waals surface area (Å²) >= 11 is 0. The van der Waals surface area contributed by atoms with Gasteiger partial charge < -0.3 is 10.2 Å². The molecule has 1 amide bonds. The van der Waals surface area contributed by atoms with Gasteiger partial charge in [-0.05, 0) is 38.1 Å². The van der Waals surface area contributed by atoms with E-state index < -0.39 is 0 Å². The zero-order valence-corrected chi connectivity index (χ0v) is 9.52. The maximum Gasteiger partial charge on any atom is 0.252 e. The van der Waals surface area contributed by atoms with Crippen LogP contribution in [0.15, 0.2) is 24.5 Å². The molecule has 0 saturated carbocycles. The van der Waals surface area contributed by atoms with E-state index in [1.807, 2.05) is 0 Å². The van der Waals surface area contributed by atoms with Crippen LogP contribution < -0.4 is 5.32 Å². The lowest BCUT2D eigenvalue weighted by Gasteiger charge is -2.11. The summed E-state index contributed by atoms with van der Waals surface area (Å²) in [6.07, 6.45) is 4.43. The number of hydrogen-bond acceptors (Lipinski definition) is 3. The maximum atomic E-state index is 11.7. The summed E-state index contributed by atoms with van der Waals surface area (Å²) in [5.74, 6) is 0.563. The minimum absolute atomic E-state index is 0.0253. The highest BCUT2D eigenvalue weighted by atomic mass is 16.1. The van der Waals surface area contributed by atoms with Crippen molar-refractivity contribution in [2.45, 2.75) is 6.42 Å². The lowest BCUT2D eigenvalue weighted by Crippen LogP contribution is -2.30. The van der Waals surface area contributed by atoms with Crippen LogP contribution >= 0.6 is 0 Å². The van der Waals surface area contributed by atoms with Crippen LogP contribution in [0, 0.1) is 5.92 Å². The van der Waals surface area contributed by atoms with Crippen LogP contribution in [0.5, 0.6) is 0 Å². The lowest BCUT2D eigenvalue weighted by atomic mass is 10.1. The van der Waals surface area contributed by atoms with E-state index in [9.17, 15) is 4.79 Å². The van der Waals surface area contributed by atoms with E-state index in [0.717, 1.165) is 19.6 Å². The van der Waals surface area contributed by atoms with Crippen molar-refractivity contribution in [1.82, 2.24) is 15.2 Å². The summed E-state index contributed by atoms with van der Waals surface area (Å²) in [7, 11) is 2.11. The van der Waals surface area contributed by atoms with E-state index in [2.05, 4.69) is 22.2 Å². The zero-order valence-electron chi connectivity index (χ0n) is 9.52. The highest BCUT2D eigenvalue weighted by Gasteiger charge is 2.19. The van der Waals surface area contributed by atoms with Crippen molar-refractivity contribution in [2.75, 3.05) is 26.7 Å². The molecule has 2 heterocycles. The van der Waals surface area contributed by atoms with Gasteiger partial charge in [-0.25, -0.2) is 0 Å². The normalized spacial score (nSPS) is 20.9. The molecule has 1 aliphatic heterocycles. The second kappa shape index (κ2) is 5.07. The first-order valence-electron chi connectivity index (χ1n) is 5.62. The van der Waals surface area contributed by atoms with Crippen LogP contribution in [-0.2, 0) is 0 Å². The van der Waals surface area contributed by atoms with Crippen molar-refractivity contribution in [3.8, 4) is 0 Å². The van der Waals surface area contributed by atoms with Gasteiger partial charge in [-0.1, -0.05) is 0 Å². The Morgan fingerprint density at radius 3 is 3.19 bits per heavy atom. The van der Waals surface area contributed by atoms with E-state index in [4.69, 9.17) is 0 Å². The molecule has 0 aromatic carbocycles. The van der Waals surface area contributed by atoms with Gasteiger partial charge in [0.05, 0.1) is 5.56 Å². The number of likely N-dealkylation sites (tertiary alicyclic amines) is 1. The summed E-state index contributed by atoms with van der Waals surface area (Å²) < 4.78 is 0. The Bertz CT molecular complexity index is 353. The van der Waals surface area contributed by atoms with Gasteiger partial charge in [0.1, 0.15) is 0 Å². The summed E-state index contributed by atoms with van der Waals surface area (Å²) in [5, 5.41) is 2.96. The highest BCUT2D eigenvalue weighted by Crippen LogP contribution is 2.12. The molecular weight excluding hydrogens is 202 g/mol. The molecule has 1 fully saturated rings. The van der Waals surface area contributed by atoms with E-state index in [0.29, 0.717) is 11.5 Å². The number of carbonyl (C=O) groups is 1. The van der Waals surface area contributed by atoms with Crippen LogP contribution in [0.25, 0.3) is 0 Å². The molecule has 4 heteroatoms. The Balaban J connectivity index is 1.80. The first-order valence-corrected chi connectivity index (χ1v) is 5.62. The number of amides is 1. The Kier molecular flexibility index (Phi) is 3.51. The topological polar surface area (TPSA) is 45.2 Å². The van der Waals surface area contributed by atoms with E-state index in [-0.39, 0.29) is 5.91 Å². The number of carbonyl (C=O) groups excluding carboxylic acids is 1. The van der Waals surface area contributed by atoms with Crippen molar-refractivity contribution in [1.29, 1.82) is 0 Å². The summed E-state index contributed by atoms with van der Waals surface area (Å²) in [6, 6.07) is 3.56. The Labute approximate surface area is 95.7 Å². The first kappa shape index (κ1) is 11.1. The van der Waals surface area contributed by atoms with E-state index in [1.165, 1.54) is 6.42 Å². The third-order valence-electron chi connectivity index (χ3n) is 2.96. The molecule has 0 radical (unpaired) electrons. The van der Waals surface area contributed by atoms with Crippen LogP contribution in [0.4, 0.5) is 0 Å². The largest absolute Gasteiger partial charge is 0.352 e. The SMILES string of the molecule is CN1CCC(CNC(=O)c2cccnc2)C1. The molecule has 2 rings (SSSR count). The molecular formula is C12H17N3O. The van der Waals surface area contributed by atoms with Crippen LogP contribution in [0.2, 0.25) is 0 Å². The van der Waals surface area contributed by atoms with Crippen LogP contribution in [0.3, 0.4) is 0 Å². The van der Waals surface area contributed by atoms with Crippen LogP contribution in [-0.4, -0.2) is 42.5 Å². The standard InChI is InChI=1S/C12H17N3O/c1-15-6-4-10(9-15)7-14-12(16)11-3-2-5-13-8-11/h2-3,5,8,10H,4,6-7,9H2,1H3,(H,14,16). The van der Waals surface area contributed by atoms with Gasteiger partial charge >= 0.3 is 0 Å². The predicted octanol–water partition coefficient (Wildman–Crippen LogP) is 0.763. The molecule has 0 bridgehead atoms. The second-order valence-electron chi connectivity index (χ2n) is 4.37. The molecule has 1 aromatic heterocycles. The quantitative estimate of drug-likeness (QED) is 0.816. The van der Waals surface area contributed by atoms with Gasteiger partial charge in [0.15, 0.2) is 0 Å². The lowest BCUT2D eigenvalue weighted by molar-refractivity contribution is 0.0947. The van der Waals surface area contributed by atoms with E-state index in [1.54, 1.807) is 24.5 Å². The average molecular weight is 219 g/mol. The summed E-state index contributed by atoms with van der Waals surface area (Å²) in [4.78, 5) is 17.9. The molecule has 1 N–H and O–H groups in total. The summed E-state index contributed by atoms with van der Waals surface area (Å²) in [5.41, 5.74) is 0.633. The van der Waals surface area contributed by atoms with Crippen molar-refractivity contribution in [2.24, 2.45) is 5.92 Å². The maximum absolute atomic E-state index is 11.7. The smallest absolute Gasteiger partial charge is 0.252 e. The Hall–Kier alpha value is -1.42. The molecule has 4 nitrogen and oxygen atoms in total. The summed E-state index contributed by atoms with van der Waals surface area (Å²) in [6.45, 7) is 2.97. The fraction of sp³-hybridized carbons (Fsp3) is 0.500. The van der Waals surface area contributed by atoms with Crippen LogP contribution in [0.1, 0.15) is 16.8 Å². The molecule has 86 valence electrons. The molecule has 1 aliphatic rings. The average Bonchev–Trinajstić information content (AvgIpc) is 2.73. The minimum atomic E-state index is -0.0253. The molecule has 0 spiro atoms. The Morgan fingerprint density at radius 2 is 2.56 bits per heavy atom. The number of rotatable bonds is 3. The number of hydrogen-bond donors (Lipinski definition) is 1. The van der Waals surface area contributed by atoms with Gasteiger partial charge in [0, 0.05) is 25.5 Å². The van der Waals surface area contributed by atoms with Gasteiger partial charge in [-0.2, -0.15) is 0 Å². The third kappa shape index (κ3) is 2.79. The van der Waals surface area contributed by atoms with Gasteiger partial charge in [-0.3, -0.25) is 9.78 Å². The fourth-order valence-corrected chi connectivity index (χ4v) is 2.03. The second-order valence-corrected chi connectivity index (χ2v) is 4.37. The number of nitrogens with zero attached hydrogens (tertiary/aromatic N) is 2. The number of pyridine rings is 1.